The van der Waals surface area contributed by atoms with Gasteiger partial charge in [-0.05, 0) is 56.5 Å². The predicted molar refractivity (Wildman–Crippen MR) is 135 cm³/mol. The van der Waals surface area contributed by atoms with Crippen LogP contribution in [0.1, 0.15) is 43.0 Å². The van der Waals surface area contributed by atoms with E-state index in [0.717, 1.165) is 49.2 Å². The SMILES string of the molecule is CCN(CC)Cc1nc2sc3c(c2c(=O)n1CC(=O)Nc1ccc(OC)cc1[N+](=O)[O-])CCCC3. The first-order valence-corrected chi connectivity index (χ1v) is 12.6. The Kier molecular flexibility index (Phi) is 7.46. The molecule has 1 aliphatic rings. The smallest absolute Gasteiger partial charge is 0.296 e. The summed E-state index contributed by atoms with van der Waals surface area (Å²) in [6.45, 7) is 5.75. The number of nitrogens with one attached hydrogen (secondary N) is 1. The van der Waals surface area contributed by atoms with Gasteiger partial charge in [-0.15, -0.1) is 11.3 Å². The maximum Gasteiger partial charge on any atom is 0.296 e. The summed E-state index contributed by atoms with van der Waals surface area (Å²) < 4.78 is 6.48. The number of carbonyl (C=O) groups is 1. The Labute approximate surface area is 206 Å². The second kappa shape index (κ2) is 10.5. The molecule has 186 valence electrons. The highest BCUT2D eigenvalue weighted by atomic mass is 32.1. The number of aryl methyl sites for hydroxylation is 2. The number of aromatic nitrogens is 2. The van der Waals surface area contributed by atoms with E-state index in [4.69, 9.17) is 9.72 Å². The average molecular weight is 500 g/mol. The van der Waals surface area contributed by atoms with Crippen LogP contribution in [0.3, 0.4) is 0 Å². The van der Waals surface area contributed by atoms with Crippen LogP contribution in [0.25, 0.3) is 10.2 Å². The molecule has 3 aromatic rings. The maximum absolute atomic E-state index is 13.7. The number of nitro benzene ring substituents is 1. The van der Waals surface area contributed by atoms with Crippen molar-refractivity contribution < 1.29 is 14.5 Å². The number of thiophene rings is 1. The number of nitro groups is 1. The van der Waals surface area contributed by atoms with Crippen LogP contribution in [0.4, 0.5) is 11.4 Å². The van der Waals surface area contributed by atoms with Gasteiger partial charge in [-0.2, -0.15) is 0 Å². The Balaban J connectivity index is 1.73. The van der Waals surface area contributed by atoms with Crippen LogP contribution in [0, 0.1) is 10.1 Å². The van der Waals surface area contributed by atoms with Gasteiger partial charge >= 0.3 is 0 Å². The normalized spacial score (nSPS) is 13.1. The van der Waals surface area contributed by atoms with Gasteiger partial charge in [-0.1, -0.05) is 13.8 Å². The van der Waals surface area contributed by atoms with Crippen LogP contribution in [0.2, 0.25) is 0 Å². The fourth-order valence-electron chi connectivity index (χ4n) is 4.44. The van der Waals surface area contributed by atoms with Crippen molar-refractivity contribution >= 4 is 38.8 Å². The molecule has 0 saturated heterocycles. The third kappa shape index (κ3) is 5.06. The first-order valence-electron chi connectivity index (χ1n) is 11.7. The van der Waals surface area contributed by atoms with E-state index >= 15 is 0 Å². The van der Waals surface area contributed by atoms with Gasteiger partial charge in [0, 0.05) is 4.88 Å². The van der Waals surface area contributed by atoms with Crippen molar-refractivity contribution in [2.45, 2.75) is 52.6 Å². The minimum absolute atomic E-state index is 0.0427. The number of amides is 1. The molecular weight excluding hydrogens is 470 g/mol. The molecule has 1 amide bonds. The van der Waals surface area contributed by atoms with Gasteiger partial charge < -0.3 is 10.1 Å². The van der Waals surface area contributed by atoms with Gasteiger partial charge in [0.15, 0.2) is 0 Å². The number of hydrogen-bond donors (Lipinski definition) is 1. The first-order chi connectivity index (χ1) is 16.9. The summed E-state index contributed by atoms with van der Waals surface area (Å²) in [5.74, 6) is 0.292. The molecule has 0 saturated carbocycles. The van der Waals surface area contributed by atoms with E-state index in [1.165, 1.54) is 34.8 Å². The number of hydrogen-bond acceptors (Lipinski definition) is 8. The van der Waals surface area contributed by atoms with E-state index in [-0.39, 0.29) is 23.5 Å². The van der Waals surface area contributed by atoms with Gasteiger partial charge in [0.05, 0.1) is 30.0 Å². The van der Waals surface area contributed by atoms with Crippen LogP contribution < -0.4 is 15.6 Å². The van der Waals surface area contributed by atoms with E-state index < -0.39 is 10.8 Å². The lowest BCUT2D eigenvalue weighted by molar-refractivity contribution is -0.384. The second-order valence-electron chi connectivity index (χ2n) is 8.46. The van der Waals surface area contributed by atoms with Gasteiger partial charge in [0.25, 0.3) is 11.2 Å². The van der Waals surface area contributed by atoms with Crippen molar-refractivity contribution in [1.82, 2.24) is 14.5 Å². The summed E-state index contributed by atoms with van der Waals surface area (Å²) in [6.07, 6.45) is 3.92. The fourth-order valence-corrected chi connectivity index (χ4v) is 5.71. The molecule has 0 fully saturated rings. The zero-order valence-electron chi connectivity index (χ0n) is 20.1. The van der Waals surface area contributed by atoms with E-state index in [1.807, 2.05) is 13.8 Å². The fraction of sp³-hybridized carbons (Fsp3) is 0.458. The molecule has 0 unspecified atom stereocenters. The summed E-state index contributed by atoms with van der Waals surface area (Å²) in [6, 6.07) is 4.20. The average Bonchev–Trinajstić information content (AvgIpc) is 3.23. The Morgan fingerprint density at radius 2 is 2.03 bits per heavy atom. The number of methoxy groups -OCH3 is 1. The van der Waals surface area contributed by atoms with E-state index in [1.54, 1.807) is 11.3 Å². The summed E-state index contributed by atoms with van der Waals surface area (Å²) >= 11 is 1.58. The Morgan fingerprint density at radius 1 is 1.29 bits per heavy atom. The molecule has 0 radical (unpaired) electrons. The summed E-state index contributed by atoms with van der Waals surface area (Å²) in [5, 5.41) is 14.7. The minimum Gasteiger partial charge on any atom is -0.496 e. The Hall–Kier alpha value is -3.31. The highest BCUT2D eigenvalue weighted by molar-refractivity contribution is 7.18. The molecule has 0 atom stereocenters. The van der Waals surface area contributed by atoms with Crippen molar-refractivity contribution in [3.8, 4) is 5.75 Å². The van der Waals surface area contributed by atoms with Gasteiger partial charge in [-0.3, -0.25) is 29.2 Å². The maximum atomic E-state index is 13.7. The topological polar surface area (TPSA) is 120 Å². The standard InChI is InChI=1S/C24H29N5O5S/c1-4-27(5-2)13-20-26-23-22(16-8-6-7-9-19(16)35-23)24(31)28(20)14-21(30)25-17-11-10-15(34-3)12-18(17)29(32)33/h10-12H,4-9,13-14H2,1-3H3,(H,25,30). The molecular formula is C24H29N5O5S. The minimum atomic E-state index is -0.582. The summed E-state index contributed by atoms with van der Waals surface area (Å²) in [5.41, 5.74) is 0.592. The lowest BCUT2D eigenvalue weighted by atomic mass is 9.97. The number of carbonyl (C=O) groups excluding carboxylic acids is 1. The van der Waals surface area contributed by atoms with Crippen LogP contribution in [-0.2, 0) is 30.7 Å². The van der Waals surface area contributed by atoms with E-state index in [0.29, 0.717) is 23.5 Å². The quantitative estimate of drug-likeness (QED) is 0.352. The molecule has 4 rings (SSSR count). The molecule has 2 heterocycles. The zero-order chi connectivity index (χ0) is 25.1. The van der Waals surface area contributed by atoms with Crippen molar-refractivity contribution in [3.63, 3.8) is 0 Å². The summed E-state index contributed by atoms with van der Waals surface area (Å²) in [7, 11) is 1.41. The molecule has 10 nitrogen and oxygen atoms in total. The predicted octanol–water partition coefficient (Wildman–Crippen LogP) is 3.73. The molecule has 0 bridgehead atoms. The molecule has 11 heteroatoms. The molecule has 0 spiro atoms. The van der Waals surface area contributed by atoms with Crippen molar-refractivity contribution in [3.05, 3.63) is 54.9 Å². The first kappa shape index (κ1) is 24.8. The van der Waals surface area contributed by atoms with Crippen LogP contribution >= 0.6 is 11.3 Å². The molecule has 35 heavy (non-hydrogen) atoms. The van der Waals surface area contributed by atoms with Gasteiger partial charge in [0.2, 0.25) is 5.91 Å². The number of anilines is 1. The van der Waals surface area contributed by atoms with E-state index in [2.05, 4.69) is 10.2 Å². The van der Waals surface area contributed by atoms with Gasteiger partial charge in [0.1, 0.15) is 28.6 Å². The van der Waals surface area contributed by atoms with E-state index in [9.17, 15) is 19.7 Å². The second-order valence-corrected chi connectivity index (χ2v) is 9.54. The zero-order valence-corrected chi connectivity index (χ0v) is 20.9. The largest absolute Gasteiger partial charge is 0.496 e. The van der Waals surface area contributed by atoms with Crippen molar-refractivity contribution in [1.29, 1.82) is 0 Å². The monoisotopic (exact) mass is 499 g/mol. The number of benzene rings is 1. The van der Waals surface area contributed by atoms with Crippen molar-refractivity contribution in [2.24, 2.45) is 0 Å². The lowest BCUT2D eigenvalue weighted by Crippen LogP contribution is -2.34. The Bertz CT molecular complexity index is 1330. The molecule has 2 aromatic heterocycles. The lowest BCUT2D eigenvalue weighted by Gasteiger charge is -2.20. The van der Waals surface area contributed by atoms with Crippen LogP contribution in [0.5, 0.6) is 5.75 Å². The number of rotatable bonds is 9. The number of fused-ring (bicyclic) bond motifs is 3. The molecule has 1 aromatic carbocycles. The highest BCUT2D eigenvalue weighted by Crippen LogP contribution is 2.34. The molecule has 1 aliphatic carbocycles. The van der Waals surface area contributed by atoms with Crippen LogP contribution in [0.15, 0.2) is 23.0 Å². The van der Waals surface area contributed by atoms with Crippen molar-refractivity contribution in [2.75, 3.05) is 25.5 Å². The van der Waals surface area contributed by atoms with Crippen LogP contribution in [-0.4, -0.2) is 45.5 Å². The molecule has 0 aliphatic heterocycles. The Morgan fingerprint density at radius 3 is 2.71 bits per heavy atom. The highest BCUT2D eigenvalue weighted by Gasteiger charge is 2.24. The van der Waals surface area contributed by atoms with Gasteiger partial charge in [-0.25, -0.2) is 4.98 Å². The molecule has 1 N–H and O–H groups in total. The third-order valence-corrected chi connectivity index (χ3v) is 7.58. The number of ether oxygens (including phenoxy) is 1. The number of nitrogens with zero attached hydrogens (tertiary/aromatic N) is 4. The summed E-state index contributed by atoms with van der Waals surface area (Å²) in [4.78, 5) is 46.6. The third-order valence-electron chi connectivity index (χ3n) is 6.39.